The molecule has 9 heteroatoms. The molecule has 7 nitrogen and oxygen atoms in total. The number of nitriles is 2. The van der Waals surface area contributed by atoms with E-state index in [1.54, 1.807) is 24.3 Å². The van der Waals surface area contributed by atoms with Crippen LogP contribution >= 0.6 is 23.5 Å². The summed E-state index contributed by atoms with van der Waals surface area (Å²) in [5.74, 6) is -1.18. The molecule has 28 heavy (non-hydrogen) atoms. The summed E-state index contributed by atoms with van der Waals surface area (Å²) in [6.07, 6.45) is 0.415. The van der Waals surface area contributed by atoms with Gasteiger partial charge in [-0.1, -0.05) is 60.8 Å². The van der Waals surface area contributed by atoms with E-state index in [-0.39, 0.29) is 21.9 Å². The molecule has 0 radical (unpaired) electrons. The normalized spacial score (nSPS) is 11.2. The van der Waals surface area contributed by atoms with E-state index in [4.69, 9.17) is 11.5 Å². The third-order valence-corrected chi connectivity index (χ3v) is 6.01. The van der Waals surface area contributed by atoms with Gasteiger partial charge in [-0.25, -0.2) is 4.98 Å². The number of benzene rings is 1. The van der Waals surface area contributed by atoms with E-state index in [9.17, 15) is 20.1 Å². The Bertz CT molecular complexity index is 981. The lowest BCUT2D eigenvalue weighted by Gasteiger charge is -2.17. The van der Waals surface area contributed by atoms with Crippen LogP contribution in [0.5, 0.6) is 0 Å². The molecule has 0 saturated carbocycles. The minimum atomic E-state index is -0.757. The fourth-order valence-corrected chi connectivity index (χ4v) is 4.40. The lowest BCUT2D eigenvalue weighted by atomic mass is 10.0. The third-order valence-electron chi connectivity index (χ3n) is 3.75. The number of nitrogens with zero attached hydrogens (tertiary/aromatic N) is 3. The number of nitrogens with two attached hydrogens (primary N) is 2. The lowest BCUT2D eigenvalue weighted by Crippen LogP contribution is -2.19. The van der Waals surface area contributed by atoms with Crippen LogP contribution in [0.15, 0.2) is 40.4 Å². The zero-order valence-corrected chi connectivity index (χ0v) is 16.6. The molecule has 2 aromatic rings. The quantitative estimate of drug-likeness (QED) is 0.633. The molecule has 1 unspecified atom stereocenters. The summed E-state index contributed by atoms with van der Waals surface area (Å²) in [5.41, 5.74) is 12.5. The average molecular weight is 412 g/mol. The molecule has 0 spiro atoms. The van der Waals surface area contributed by atoms with Gasteiger partial charge < -0.3 is 11.5 Å². The molecule has 0 aliphatic heterocycles. The van der Waals surface area contributed by atoms with Crippen molar-refractivity contribution in [1.29, 1.82) is 10.5 Å². The van der Waals surface area contributed by atoms with Gasteiger partial charge in [-0.05, 0) is 17.5 Å². The standard InChI is InChI=1S/C19H17N5O2S2/c1-2-12-13(8-20)18(27-10-15(22)25)24-19(14(12)9-21)28-16(17(23)26)11-6-4-3-5-7-11/h3-7,16H,2,10H2,1H3,(H2,22,25)(H2,23,26). The smallest absolute Gasteiger partial charge is 0.235 e. The van der Waals surface area contributed by atoms with Crippen molar-refractivity contribution in [2.45, 2.75) is 28.6 Å². The number of pyridine rings is 1. The fraction of sp³-hybridized carbons (Fsp3) is 0.211. The van der Waals surface area contributed by atoms with Crippen LogP contribution in [-0.4, -0.2) is 22.6 Å². The second-order valence-electron chi connectivity index (χ2n) is 5.59. The summed E-state index contributed by atoms with van der Waals surface area (Å²) in [6.45, 7) is 1.82. The van der Waals surface area contributed by atoms with Gasteiger partial charge in [0.2, 0.25) is 11.8 Å². The largest absolute Gasteiger partial charge is 0.369 e. The molecular weight excluding hydrogens is 394 g/mol. The van der Waals surface area contributed by atoms with Crippen molar-refractivity contribution in [3.63, 3.8) is 0 Å². The molecular formula is C19H17N5O2S2. The monoisotopic (exact) mass is 411 g/mol. The van der Waals surface area contributed by atoms with Gasteiger partial charge in [0.25, 0.3) is 0 Å². The Kier molecular flexibility index (Phi) is 7.44. The summed E-state index contributed by atoms with van der Waals surface area (Å²) in [5, 5.41) is 19.1. The molecule has 0 aliphatic carbocycles. The van der Waals surface area contributed by atoms with E-state index in [1.165, 1.54) is 0 Å². The predicted molar refractivity (Wildman–Crippen MR) is 107 cm³/mol. The molecule has 0 aliphatic rings. The third kappa shape index (κ3) is 4.83. The fourth-order valence-electron chi connectivity index (χ4n) is 2.53. The molecule has 4 N–H and O–H groups in total. The first-order valence-electron chi connectivity index (χ1n) is 8.21. The Morgan fingerprint density at radius 3 is 2.21 bits per heavy atom. The Morgan fingerprint density at radius 1 is 1.11 bits per heavy atom. The van der Waals surface area contributed by atoms with Crippen LogP contribution in [0.4, 0.5) is 0 Å². The molecule has 1 heterocycles. The van der Waals surface area contributed by atoms with Gasteiger partial charge in [-0.15, -0.1) is 0 Å². The van der Waals surface area contributed by atoms with Crippen LogP contribution in [0.25, 0.3) is 0 Å². The summed E-state index contributed by atoms with van der Waals surface area (Å²) in [7, 11) is 0. The van der Waals surface area contributed by atoms with E-state index in [2.05, 4.69) is 17.1 Å². The summed E-state index contributed by atoms with van der Waals surface area (Å²) in [4.78, 5) is 27.6. The van der Waals surface area contributed by atoms with Crippen molar-refractivity contribution >= 4 is 35.3 Å². The van der Waals surface area contributed by atoms with Gasteiger partial charge in [-0.2, -0.15) is 10.5 Å². The van der Waals surface area contributed by atoms with E-state index >= 15 is 0 Å². The van der Waals surface area contributed by atoms with Crippen molar-refractivity contribution in [3.8, 4) is 12.1 Å². The van der Waals surface area contributed by atoms with Crippen LogP contribution < -0.4 is 11.5 Å². The zero-order chi connectivity index (χ0) is 20.7. The minimum absolute atomic E-state index is 0.0568. The first-order chi connectivity index (χ1) is 13.4. The number of primary amides is 2. The Hall–Kier alpha value is -3.01. The highest BCUT2D eigenvalue weighted by atomic mass is 32.2. The Morgan fingerprint density at radius 2 is 1.71 bits per heavy atom. The lowest BCUT2D eigenvalue weighted by molar-refractivity contribution is -0.117. The van der Waals surface area contributed by atoms with Crippen LogP contribution in [0.2, 0.25) is 0 Å². The van der Waals surface area contributed by atoms with Gasteiger partial charge in [0.15, 0.2) is 0 Å². The number of carbonyl (C=O) groups excluding carboxylic acids is 2. The topological polar surface area (TPSA) is 147 Å². The number of rotatable bonds is 8. The van der Waals surface area contributed by atoms with E-state index in [0.29, 0.717) is 22.6 Å². The summed E-state index contributed by atoms with van der Waals surface area (Å²) in [6, 6.07) is 13.1. The molecule has 0 bridgehead atoms. The second-order valence-corrected chi connectivity index (χ2v) is 7.65. The van der Waals surface area contributed by atoms with E-state index in [1.807, 2.05) is 13.0 Å². The molecule has 2 rings (SSSR count). The van der Waals surface area contributed by atoms with Crippen LogP contribution in [0.3, 0.4) is 0 Å². The summed E-state index contributed by atoms with van der Waals surface area (Å²) < 4.78 is 0. The number of thioether (sulfide) groups is 2. The van der Waals surface area contributed by atoms with Gasteiger partial charge >= 0.3 is 0 Å². The minimum Gasteiger partial charge on any atom is -0.369 e. The first-order valence-corrected chi connectivity index (χ1v) is 10.1. The van der Waals surface area contributed by atoms with Crippen molar-refractivity contribution in [2.24, 2.45) is 11.5 Å². The van der Waals surface area contributed by atoms with Gasteiger partial charge in [0, 0.05) is 0 Å². The zero-order valence-electron chi connectivity index (χ0n) is 15.0. The maximum absolute atomic E-state index is 12.1. The van der Waals surface area contributed by atoms with Crippen molar-refractivity contribution < 1.29 is 9.59 Å². The van der Waals surface area contributed by atoms with Crippen LogP contribution in [0.1, 0.15) is 34.4 Å². The van der Waals surface area contributed by atoms with Crippen molar-refractivity contribution in [1.82, 2.24) is 4.98 Å². The number of aromatic nitrogens is 1. The number of amides is 2. The van der Waals surface area contributed by atoms with E-state index in [0.717, 1.165) is 23.5 Å². The van der Waals surface area contributed by atoms with Crippen molar-refractivity contribution in [2.75, 3.05) is 5.75 Å². The molecule has 2 amide bonds. The van der Waals surface area contributed by atoms with Crippen LogP contribution in [0, 0.1) is 22.7 Å². The molecule has 1 atom stereocenters. The van der Waals surface area contributed by atoms with Gasteiger partial charge in [0.1, 0.15) is 27.4 Å². The molecule has 0 fully saturated rings. The highest BCUT2D eigenvalue weighted by Crippen LogP contribution is 2.39. The second kappa shape index (κ2) is 9.79. The molecule has 1 aromatic carbocycles. The van der Waals surface area contributed by atoms with Gasteiger partial charge in [0.05, 0.1) is 16.9 Å². The maximum Gasteiger partial charge on any atom is 0.235 e. The summed E-state index contributed by atoms with van der Waals surface area (Å²) >= 11 is 2.08. The highest BCUT2D eigenvalue weighted by molar-refractivity contribution is 8.00. The number of carbonyl (C=O) groups is 2. The van der Waals surface area contributed by atoms with E-state index < -0.39 is 17.1 Å². The number of hydrogen-bond donors (Lipinski definition) is 2. The first kappa shape index (κ1) is 21.3. The molecule has 142 valence electrons. The average Bonchev–Trinajstić information content (AvgIpc) is 2.69. The Balaban J connectivity index is 2.59. The Labute approximate surface area is 171 Å². The van der Waals surface area contributed by atoms with Crippen LogP contribution in [-0.2, 0) is 16.0 Å². The maximum atomic E-state index is 12.1. The molecule has 0 saturated heterocycles. The number of hydrogen-bond acceptors (Lipinski definition) is 7. The van der Waals surface area contributed by atoms with Gasteiger partial charge in [-0.3, -0.25) is 9.59 Å². The highest BCUT2D eigenvalue weighted by Gasteiger charge is 2.25. The van der Waals surface area contributed by atoms with Crippen molar-refractivity contribution in [3.05, 3.63) is 52.6 Å². The molecule has 1 aromatic heterocycles. The predicted octanol–water partition coefficient (Wildman–Crippen LogP) is 2.28. The SMILES string of the molecule is CCc1c(C#N)c(SCC(N)=O)nc(SC(C(N)=O)c2ccccc2)c1C#N.